The molecular formula is C13H22N4O. The minimum atomic E-state index is 0.00493. The summed E-state index contributed by atoms with van der Waals surface area (Å²) in [5.74, 6) is 1.66. The fourth-order valence-electron chi connectivity index (χ4n) is 2.55. The predicted octanol–water partition coefficient (Wildman–Crippen LogP) is 0.684. The van der Waals surface area contributed by atoms with E-state index in [2.05, 4.69) is 16.8 Å². The Morgan fingerprint density at radius 3 is 3.00 bits per heavy atom. The first-order chi connectivity index (χ1) is 8.67. The maximum absolute atomic E-state index is 12.2. The van der Waals surface area contributed by atoms with Crippen molar-refractivity contribution in [2.24, 2.45) is 17.6 Å². The monoisotopic (exact) mass is 250 g/mol. The van der Waals surface area contributed by atoms with Crippen LogP contribution in [-0.4, -0.2) is 29.2 Å². The largest absolute Gasteiger partial charge is 0.352 e. The Bertz CT molecular complexity index is 457. The van der Waals surface area contributed by atoms with Crippen molar-refractivity contribution in [3.63, 3.8) is 0 Å². The van der Waals surface area contributed by atoms with Crippen LogP contribution in [-0.2, 0) is 6.54 Å². The van der Waals surface area contributed by atoms with E-state index in [1.54, 1.807) is 17.0 Å². The van der Waals surface area contributed by atoms with Crippen LogP contribution in [0.15, 0.2) is 17.2 Å². The maximum atomic E-state index is 12.2. The van der Waals surface area contributed by atoms with Gasteiger partial charge in [-0.3, -0.25) is 4.79 Å². The molecule has 0 amide bonds. The van der Waals surface area contributed by atoms with Crippen molar-refractivity contribution in [2.75, 3.05) is 24.5 Å². The Labute approximate surface area is 108 Å². The summed E-state index contributed by atoms with van der Waals surface area (Å²) in [5, 5.41) is 0. The zero-order valence-corrected chi connectivity index (χ0v) is 11.2. The molecule has 0 radical (unpaired) electrons. The lowest BCUT2D eigenvalue weighted by Gasteiger charge is -2.36. The van der Waals surface area contributed by atoms with Gasteiger partial charge >= 0.3 is 0 Å². The molecule has 18 heavy (non-hydrogen) atoms. The number of hydrogen-bond donors (Lipinski definition) is 1. The van der Waals surface area contributed by atoms with E-state index in [0.717, 1.165) is 19.5 Å². The van der Waals surface area contributed by atoms with E-state index in [9.17, 15) is 4.79 Å². The third kappa shape index (κ3) is 2.41. The van der Waals surface area contributed by atoms with E-state index in [-0.39, 0.29) is 5.56 Å². The van der Waals surface area contributed by atoms with Crippen molar-refractivity contribution >= 4 is 5.82 Å². The molecule has 0 aliphatic carbocycles. The van der Waals surface area contributed by atoms with Gasteiger partial charge in [-0.05, 0) is 31.7 Å². The highest BCUT2D eigenvalue weighted by atomic mass is 16.1. The normalized spacial score (nSPS) is 24.3. The van der Waals surface area contributed by atoms with Gasteiger partial charge < -0.3 is 15.2 Å². The van der Waals surface area contributed by atoms with Gasteiger partial charge in [-0.1, -0.05) is 6.92 Å². The molecule has 100 valence electrons. The molecule has 1 aromatic rings. The molecule has 2 heterocycles. The number of nitrogens with two attached hydrogens (primary N) is 1. The predicted molar refractivity (Wildman–Crippen MR) is 72.7 cm³/mol. The standard InChI is InChI=1S/C13H22N4O/c1-3-16-7-5-15-12(13(16)18)17-6-4-10(2)11(8-14)9-17/h5,7,10-11H,3-4,6,8-9,14H2,1-2H3. The molecule has 1 fully saturated rings. The van der Waals surface area contributed by atoms with Gasteiger partial charge in [-0.25, -0.2) is 4.98 Å². The van der Waals surface area contributed by atoms with Gasteiger partial charge in [-0.2, -0.15) is 0 Å². The Kier molecular flexibility index (Phi) is 4.01. The molecule has 0 spiro atoms. The third-order valence-corrected chi connectivity index (χ3v) is 3.95. The molecule has 2 rings (SSSR count). The van der Waals surface area contributed by atoms with E-state index >= 15 is 0 Å². The van der Waals surface area contributed by atoms with Crippen LogP contribution in [0.5, 0.6) is 0 Å². The molecule has 1 aliphatic heterocycles. The first-order valence-corrected chi connectivity index (χ1v) is 6.67. The molecule has 1 saturated heterocycles. The van der Waals surface area contributed by atoms with Crippen molar-refractivity contribution < 1.29 is 0 Å². The second-order valence-electron chi connectivity index (χ2n) is 5.05. The molecule has 1 aromatic heterocycles. The summed E-state index contributed by atoms with van der Waals surface area (Å²) in [6.07, 6.45) is 4.51. The summed E-state index contributed by atoms with van der Waals surface area (Å²) < 4.78 is 1.69. The highest BCUT2D eigenvalue weighted by Gasteiger charge is 2.27. The van der Waals surface area contributed by atoms with E-state index < -0.39 is 0 Å². The second kappa shape index (κ2) is 5.52. The molecule has 5 heteroatoms. The fraction of sp³-hybridized carbons (Fsp3) is 0.692. The smallest absolute Gasteiger partial charge is 0.293 e. The average Bonchev–Trinajstić information content (AvgIpc) is 2.40. The van der Waals surface area contributed by atoms with Crippen LogP contribution in [0, 0.1) is 11.8 Å². The van der Waals surface area contributed by atoms with Gasteiger partial charge in [0.2, 0.25) is 0 Å². The zero-order chi connectivity index (χ0) is 13.1. The van der Waals surface area contributed by atoms with Gasteiger partial charge in [-0.15, -0.1) is 0 Å². The van der Waals surface area contributed by atoms with Crippen molar-refractivity contribution in [3.8, 4) is 0 Å². The van der Waals surface area contributed by atoms with E-state index in [4.69, 9.17) is 5.73 Å². The SMILES string of the molecule is CCn1ccnc(N2CCC(C)C(CN)C2)c1=O. The van der Waals surface area contributed by atoms with Gasteiger partial charge in [0.05, 0.1) is 0 Å². The van der Waals surface area contributed by atoms with Crippen molar-refractivity contribution in [2.45, 2.75) is 26.8 Å². The third-order valence-electron chi connectivity index (χ3n) is 3.95. The minimum absolute atomic E-state index is 0.00493. The number of aryl methyl sites for hydroxylation is 1. The highest BCUT2D eigenvalue weighted by molar-refractivity contribution is 5.36. The molecule has 0 saturated carbocycles. The average molecular weight is 250 g/mol. The van der Waals surface area contributed by atoms with Crippen molar-refractivity contribution in [1.29, 1.82) is 0 Å². The Hall–Kier alpha value is -1.36. The second-order valence-corrected chi connectivity index (χ2v) is 5.05. The maximum Gasteiger partial charge on any atom is 0.293 e. The molecule has 0 bridgehead atoms. The van der Waals surface area contributed by atoms with E-state index in [0.29, 0.717) is 30.7 Å². The molecule has 5 nitrogen and oxygen atoms in total. The lowest BCUT2D eigenvalue weighted by molar-refractivity contribution is 0.306. The van der Waals surface area contributed by atoms with Crippen LogP contribution in [0.1, 0.15) is 20.3 Å². The van der Waals surface area contributed by atoms with Gasteiger partial charge in [0.25, 0.3) is 5.56 Å². The number of nitrogens with zero attached hydrogens (tertiary/aromatic N) is 3. The molecule has 2 N–H and O–H groups in total. The van der Waals surface area contributed by atoms with Crippen LogP contribution >= 0.6 is 0 Å². The summed E-state index contributed by atoms with van der Waals surface area (Å²) >= 11 is 0. The fourth-order valence-corrected chi connectivity index (χ4v) is 2.55. The van der Waals surface area contributed by atoms with Gasteiger partial charge in [0, 0.05) is 32.0 Å². The minimum Gasteiger partial charge on any atom is -0.352 e. The summed E-state index contributed by atoms with van der Waals surface area (Å²) in [5.41, 5.74) is 5.80. The topological polar surface area (TPSA) is 64.2 Å². The van der Waals surface area contributed by atoms with Crippen LogP contribution in [0.3, 0.4) is 0 Å². The van der Waals surface area contributed by atoms with Crippen LogP contribution < -0.4 is 16.2 Å². The van der Waals surface area contributed by atoms with Crippen LogP contribution in [0.25, 0.3) is 0 Å². The lowest BCUT2D eigenvalue weighted by atomic mass is 9.87. The summed E-state index contributed by atoms with van der Waals surface area (Å²) in [6, 6.07) is 0. The number of anilines is 1. The van der Waals surface area contributed by atoms with Crippen molar-refractivity contribution in [3.05, 3.63) is 22.7 Å². The number of aromatic nitrogens is 2. The summed E-state index contributed by atoms with van der Waals surface area (Å²) in [6.45, 7) is 7.29. The molecule has 1 aliphatic rings. The summed E-state index contributed by atoms with van der Waals surface area (Å²) in [7, 11) is 0. The zero-order valence-electron chi connectivity index (χ0n) is 11.2. The van der Waals surface area contributed by atoms with Gasteiger partial charge in [0.1, 0.15) is 0 Å². The quantitative estimate of drug-likeness (QED) is 0.857. The van der Waals surface area contributed by atoms with Crippen LogP contribution in [0.2, 0.25) is 0 Å². The first-order valence-electron chi connectivity index (χ1n) is 6.67. The first kappa shape index (κ1) is 13.1. The molecular weight excluding hydrogens is 228 g/mol. The Morgan fingerprint density at radius 2 is 2.33 bits per heavy atom. The Morgan fingerprint density at radius 1 is 1.56 bits per heavy atom. The van der Waals surface area contributed by atoms with Crippen LogP contribution in [0.4, 0.5) is 5.82 Å². The summed E-state index contributed by atoms with van der Waals surface area (Å²) in [4.78, 5) is 18.5. The number of rotatable bonds is 3. The molecule has 0 aromatic carbocycles. The van der Waals surface area contributed by atoms with E-state index in [1.165, 1.54) is 0 Å². The molecule has 2 atom stereocenters. The van der Waals surface area contributed by atoms with Gasteiger partial charge in [0.15, 0.2) is 5.82 Å². The van der Waals surface area contributed by atoms with E-state index in [1.807, 2.05) is 6.92 Å². The van der Waals surface area contributed by atoms with Crippen molar-refractivity contribution in [1.82, 2.24) is 9.55 Å². The highest BCUT2D eigenvalue weighted by Crippen LogP contribution is 2.23. The number of hydrogen-bond acceptors (Lipinski definition) is 4. The Balaban J connectivity index is 2.24. The molecule has 2 unspecified atom stereocenters. The number of piperidine rings is 1. The lowest BCUT2D eigenvalue weighted by Crippen LogP contribution is -2.45.